The third-order valence-electron chi connectivity index (χ3n) is 4.22. The number of carbonyl (C=O) groups is 1. The Morgan fingerprint density at radius 1 is 1.50 bits per heavy atom. The standard InChI is InChI=1S/C15H31N3O2/c1-6-16-15(3,14(19)20-5)12-17(4)11-13-9-8-10-18(13)7-2/h13,16H,6-12H2,1-5H3. The highest BCUT2D eigenvalue weighted by Crippen LogP contribution is 2.18. The highest BCUT2D eigenvalue weighted by Gasteiger charge is 2.35. The number of ether oxygens (including phenoxy) is 1. The normalized spacial score (nSPS) is 23.0. The van der Waals surface area contributed by atoms with Crippen LogP contribution in [-0.4, -0.2) is 74.2 Å². The first-order valence-electron chi connectivity index (χ1n) is 7.72. The molecule has 0 aromatic rings. The number of carbonyl (C=O) groups excluding carboxylic acids is 1. The molecule has 1 heterocycles. The molecule has 1 saturated heterocycles. The summed E-state index contributed by atoms with van der Waals surface area (Å²) in [6.45, 7) is 10.9. The maximum absolute atomic E-state index is 12.0. The van der Waals surface area contributed by atoms with Crippen molar-refractivity contribution in [2.45, 2.75) is 45.2 Å². The Morgan fingerprint density at radius 3 is 2.75 bits per heavy atom. The lowest BCUT2D eigenvalue weighted by Gasteiger charge is -2.34. The van der Waals surface area contributed by atoms with Gasteiger partial charge >= 0.3 is 5.97 Å². The molecule has 118 valence electrons. The van der Waals surface area contributed by atoms with E-state index in [1.165, 1.54) is 26.5 Å². The lowest BCUT2D eigenvalue weighted by molar-refractivity contribution is -0.148. The monoisotopic (exact) mass is 285 g/mol. The summed E-state index contributed by atoms with van der Waals surface area (Å²) in [5, 5.41) is 3.26. The number of rotatable bonds is 8. The lowest BCUT2D eigenvalue weighted by atomic mass is 10.0. The van der Waals surface area contributed by atoms with Crippen LogP contribution in [0.15, 0.2) is 0 Å². The molecule has 0 bridgehead atoms. The summed E-state index contributed by atoms with van der Waals surface area (Å²) in [7, 11) is 3.54. The minimum absolute atomic E-state index is 0.190. The van der Waals surface area contributed by atoms with E-state index in [0.717, 1.165) is 19.6 Å². The summed E-state index contributed by atoms with van der Waals surface area (Å²) in [5.41, 5.74) is -0.631. The molecule has 0 aliphatic carbocycles. The average molecular weight is 285 g/mol. The number of hydrogen-bond acceptors (Lipinski definition) is 5. The molecule has 0 aromatic heterocycles. The quantitative estimate of drug-likeness (QED) is 0.673. The summed E-state index contributed by atoms with van der Waals surface area (Å²) in [5.74, 6) is -0.190. The first kappa shape index (κ1) is 17.4. The zero-order valence-corrected chi connectivity index (χ0v) is 13.7. The van der Waals surface area contributed by atoms with Gasteiger partial charge < -0.3 is 15.0 Å². The van der Waals surface area contributed by atoms with Crippen molar-refractivity contribution in [1.82, 2.24) is 15.1 Å². The van der Waals surface area contributed by atoms with E-state index in [1.807, 2.05) is 13.8 Å². The number of nitrogens with one attached hydrogen (secondary N) is 1. The Kier molecular flexibility index (Phi) is 6.92. The third-order valence-corrected chi connectivity index (χ3v) is 4.22. The van der Waals surface area contributed by atoms with E-state index in [2.05, 4.69) is 29.1 Å². The maximum atomic E-state index is 12.0. The van der Waals surface area contributed by atoms with Gasteiger partial charge in [-0.1, -0.05) is 13.8 Å². The second-order valence-corrected chi connectivity index (χ2v) is 5.98. The molecule has 1 aliphatic rings. The molecule has 0 aromatic carbocycles. The van der Waals surface area contributed by atoms with E-state index < -0.39 is 5.54 Å². The number of hydrogen-bond donors (Lipinski definition) is 1. The molecule has 0 spiro atoms. The zero-order valence-electron chi connectivity index (χ0n) is 13.7. The minimum atomic E-state index is -0.631. The van der Waals surface area contributed by atoms with Crippen LogP contribution in [0, 0.1) is 0 Å². The van der Waals surface area contributed by atoms with Gasteiger partial charge in [0.15, 0.2) is 0 Å². The number of likely N-dealkylation sites (tertiary alicyclic amines) is 1. The fourth-order valence-electron chi connectivity index (χ4n) is 3.29. The molecule has 0 saturated carbocycles. The Labute approximate surface area is 123 Å². The van der Waals surface area contributed by atoms with Crippen molar-refractivity contribution in [3.63, 3.8) is 0 Å². The zero-order chi connectivity index (χ0) is 15.2. The SMILES string of the molecule is CCNC(C)(CN(C)CC1CCCN1CC)C(=O)OC. The molecule has 20 heavy (non-hydrogen) atoms. The van der Waals surface area contributed by atoms with Crippen molar-refractivity contribution in [2.24, 2.45) is 0 Å². The summed E-state index contributed by atoms with van der Waals surface area (Å²) in [6, 6.07) is 0.619. The van der Waals surface area contributed by atoms with E-state index >= 15 is 0 Å². The first-order chi connectivity index (χ1) is 9.46. The van der Waals surface area contributed by atoms with Gasteiger partial charge in [-0.15, -0.1) is 0 Å². The van der Waals surface area contributed by atoms with Crippen LogP contribution in [0.2, 0.25) is 0 Å². The minimum Gasteiger partial charge on any atom is -0.468 e. The van der Waals surface area contributed by atoms with Gasteiger partial charge in [-0.25, -0.2) is 0 Å². The Balaban J connectivity index is 2.57. The van der Waals surface area contributed by atoms with Gasteiger partial charge in [0.05, 0.1) is 7.11 Å². The van der Waals surface area contributed by atoms with Crippen molar-refractivity contribution < 1.29 is 9.53 Å². The Morgan fingerprint density at radius 2 is 2.20 bits per heavy atom. The van der Waals surface area contributed by atoms with Gasteiger partial charge in [0, 0.05) is 19.1 Å². The molecule has 0 radical (unpaired) electrons. The molecule has 5 nitrogen and oxygen atoms in total. The molecule has 1 aliphatic heterocycles. The number of esters is 1. The second-order valence-electron chi connectivity index (χ2n) is 5.98. The van der Waals surface area contributed by atoms with E-state index in [-0.39, 0.29) is 5.97 Å². The predicted octanol–water partition coefficient (Wildman–Crippen LogP) is 0.944. The van der Waals surface area contributed by atoms with Gasteiger partial charge in [0.25, 0.3) is 0 Å². The molecule has 2 unspecified atom stereocenters. The molecule has 1 rings (SSSR count). The summed E-state index contributed by atoms with van der Waals surface area (Å²) in [6.07, 6.45) is 2.54. The van der Waals surface area contributed by atoms with Crippen molar-refractivity contribution in [3.8, 4) is 0 Å². The molecule has 0 amide bonds. The smallest absolute Gasteiger partial charge is 0.327 e. The van der Waals surface area contributed by atoms with Crippen LogP contribution in [-0.2, 0) is 9.53 Å². The van der Waals surface area contributed by atoms with E-state index in [0.29, 0.717) is 12.6 Å². The van der Waals surface area contributed by atoms with Gasteiger partial charge in [-0.05, 0) is 46.4 Å². The third kappa shape index (κ3) is 4.43. The highest BCUT2D eigenvalue weighted by molar-refractivity contribution is 5.80. The van der Waals surface area contributed by atoms with Gasteiger partial charge in [0.1, 0.15) is 5.54 Å². The molecule has 2 atom stereocenters. The van der Waals surface area contributed by atoms with E-state index in [9.17, 15) is 4.79 Å². The molecular formula is C15H31N3O2. The topological polar surface area (TPSA) is 44.8 Å². The van der Waals surface area contributed by atoms with Crippen LogP contribution in [0.3, 0.4) is 0 Å². The predicted molar refractivity (Wildman–Crippen MR) is 81.9 cm³/mol. The largest absolute Gasteiger partial charge is 0.468 e. The molecule has 1 fully saturated rings. The average Bonchev–Trinajstić information content (AvgIpc) is 2.84. The molecule has 5 heteroatoms. The first-order valence-corrected chi connectivity index (χ1v) is 7.72. The maximum Gasteiger partial charge on any atom is 0.327 e. The van der Waals surface area contributed by atoms with E-state index in [4.69, 9.17) is 4.74 Å². The van der Waals surface area contributed by atoms with Crippen LogP contribution in [0.25, 0.3) is 0 Å². The Bertz CT molecular complexity index is 311. The van der Waals surface area contributed by atoms with Crippen molar-refractivity contribution in [1.29, 1.82) is 0 Å². The van der Waals surface area contributed by atoms with Crippen molar-refractivity contribution in [2.75, 3.05) is 46.9 Å². The van der Waals surface area contributed by atoms with Crippen molar-refractivity contribution >= 4 is 5.97 Å². The fourth-order valence-corrected chi connectivity index (χ4v) is 3.29. The van der Waals surface area contributed by atoms with Gasteiger partial charge in [-0.3, -0.25) is 9.69 Å². The summed E-state index contributed by atoms with van der Waals surface area (Å²) < 4.78 is 4.94. The van der Waals surface area contributed by atoms with Crippen LogP contribution in [0.5, 0.6) is 0 Å². The Hall–Kier alpha value is -0.650. The number of methoxy groups -OCH3 is 1. The molecule has 1 N–H and O–H groups in total. The summed E-state index contributed by atoms with van der Waals surface area (Å²) in [4.78, 5) is 16.8. The van der Waals surface area contributed by atoms with Crippen LogP contribution in [0.4, 0.5) is 0 Å². The van der Waals surface area contributed by atoms with Crippen LogP contribution < -0.4 is 5.32 Å². The van der Waals surface area contributed by atoms with Crippen molar-refractivity contribution in [3.05, 3.63) is 0 Å². The van der Waals surface area contributed by atoms with E-state index in [1.54, 1.807) is 0 Å². The highest BCUT2D eigenvalue weighted by atomic mass is 16.5. The number of nitrogens with zero attached hydrogens (tertiary/aromatic N) is 2. The molecular weight excluding hydrogens is 254 g/mol. The summed E-state index contributed by atoms with van der Waals surface area (Å²) >= 11 is 0. The number of likely N-dealkylation sites (N-methyl/N-ethyl adjacent to an activating group) is 3. The van der Waals surface area contributed by atoms with Gasteiger partial charge in [0.2, 0.25) is 0 Å². The fraction of sp³-hybridized carbons (Fsp3) is 0.933. The van der Waals surface area contributed by atoms with Gasteiger partial charge in [-0.2, -0.15) is 0 Å². The van der Waals surface area contributed by atoms with Crippen LogP contribution >= 0.6 is 0 Å². The lowest BCUT2D eigenvalue weighted by Crippen LogP contribution is -2.57. The second kappa shape index (κ2) is 7.96. The van der Waals surface area contributed by atoms with Crippen LogP contribution in [0.1, 0.15) is 33.6 Å².